The van der Waals surface area contributed by atoms with Crippen LogP contribution in [0.2, 0.25) is 0 Å². The Bertz CT molecular complexity index is 663. The van der Waals surface area contributed by atoms with E-state index in [1.807, 2.05) is 24.3 Å². The molecular formula is C19H26N4O2. The second-order valence-electron chi connectivity index (χ2n) is 5.82. The first-order valence-electron chi connectivity index (χ1n) is 8.66. The zero-order valence-corrected chi connectivity index (χ0v) is 14.6. The van der Waals surface area contributed by atoms with Gasteiger partial charge >= 0.3 is 0 Å². The number of unbranched alkanes of at least 4 members (excludes halogenated alkanes) is 3. The Kier molecular flexibility index (Phi) is 7.56. The molecule has 25 heavy (non-hydrogen) atoms. The Labute approximate surface area is 148 Å². The summed E-state index contributed by atoms with van der Waals surface area (Å²) in [6.45, 7) is 3.55. The summed E-state index contributed by atoms with van der Waals surface area (Å²) >= 11 is 0. The highest BCUT2D eigenvalue weighted by Gasteiger charge is 2.08. The normalized spacial score (nSPS) is 11.3. The molecule has 4 N–H and O–H groups in total. The smallest absolute Gasteiger partial charge is 0.291 e. The molecule has 134 valence electrons. The maximum absolute atomic E-state index is 11.9. The van der Waals surface area contributed by atoms with Crippen molar-refractivity contribution in [3.8, 4) is 0 Å². The van der Waals surface area contributed by atoms with Crippen molar-refractivity contribution in [1.82, 2.24) is 5.32 Å². The highest BCUT2D eigenvalue weighted by atomic mass is 16.3. The second kappa shape index (κ2) is 10.2. The molecule has 0 aliphatic heterocycles. The van der Waals surface area contributed by atoms with Gasteiger partial charge in [0.15, 0.2) is 11.7 Å². The van der Waals surface area contributed by atoms with Crippen LogP contribution in [-0.4, -0.2) is 18.4 Å². The van der Waals surface area contributed by atoms with Crippen molar-refractivity contribution in [1.29, 1.82) is 0 Å². The summed E-state index contributed by atoms with van der Waals surface area (Å²) in [5, 5.41) is 5.90. The number of anilines is 1. The molecule has 1 aromatic carbocycles. The summed E-state index contributed by atoms with van der Waals surface area (Å²) < 4.78 is 5.06. The molecule has 0 unspecified atom stereocenters. The van der Waals surface area contributed by atoms with Gasteiger partial charge in [0.05, 0.1) is 12.8 Å². The summed E-state index contributed by atoms with van der Waals surface area (Å²) in [6, 6.07) is 10.8. The lowest BCUT2D eigenvalue weighted by molar-refractivity contribution is 0.0996. The fraction of sp³-hybridized carbons (Fsp3) is 0.368. The summed E-state index contributed by atoms with van der Waals surface area (Å²) in [7, 11) is 0. The molecule has 0 saturated carbocycles. The molecule has 1 heterocycles. The number of carbonyl (C=O) groups is 1. The molecule has 2 aromatic rings. The molecule has 0 radical (unpaired) electrons. The molecule has 0 spiro atoms. The van der Waals surface area contributed by atoms with Crippen molar-refractivity contribution >= 4 is 17.6 Å². The van der Waals surface area contributed by atoms with Gasteiger partial charge in [-0.25, -0.2) is 4.99 Å². The van der Waals surface area contributed by atoms with Crippen molar-refractivity contribution in [2.45, 2.75) is 39.2 Å². The number of rotatable bonds is 9. The van der Waals surface area contributed by atoms with Crippen LogP contribution in [-0.2, 0) is 6.54 Å². The lowest BCUT2D eigenvalue weighted by atomic mass is 10.2. The first kappa shape index (κ1) is 18.6. The number of hydrogen-bond donors (Lipinski definition) is 3. The molecule has 0 bridgehead atoms. The van der Waals surface area contributed by atoms with Gasteiger partial charge in [-0.1, -0.05) is 38.3 Å². The van der Waals surface area contributed by atoms with Gasteiger partial charge in [0.2, 0.25) is 0 Å². The number of carbonyl (C=O) groups excluding carboxylic acids is 1. The van der Waals surface area contributed by atoms with Crippen LogP contribution in [0.3, 0.4) is 0 Å². The predicted octanol–water partition coefficient (Wildman–Crippen LogP) is 3.52. The maximum Gasteiger partial charge on any atom is 0.291 e. The van der Waals surface area contributed by atoms with Crippen LogP contribution in [0.15, 0.2) is 52.1 Å². The maximum atomic E-state index is 11.9. The molecule has 6 nitrogen and oxygen atoms in total. The van der Waals surface area contributed by atoms with Crippen LogP contribution in [0.1, 0.15) is 48.7 Å². The SMILES string of the molecule is CCCCCCNC(N)=NCc1ccc(NC(=O)c2ccco2)cc1. The third kappa shape index (κ3) is 6.71. The summed E-state index contributed by atoms with van der Waals surface area (Å²) in [5.41, 5.74) is 7.58. The van der Waals surface area contributed by atoms with Crippen LogP contribution >= 0.6 is 0 Å². The van der Waals surface area contributed by atoms with Gasteiger partial charge in [-0.15, -0.1) is 0 Å². The first-order valence-corrected chi connectivity index (χ1v) is 8.66. The minimum Gasteiger partial charge on any atom is -0.459 e. The highest BCUT2D eigenvalue weighted by Crippen LogP contribution is 2.12. The van der Waals surface area contributed by atoms with Crippen molar-refractivity contribution < 1.29 is 9.21 Å². The van der Waals surface area contributed by atoms with E-state index in [1.165, 1.54) is 25.5 Å². The van der Waals surface area contributed by atoms with Crippen LogP contribution in [0, 0.1) is 0 Å². The fourth-order valence-electron chi connectivity index (χ4n) is 2.29. The van der Waals surface area contributed by atoms with Gasteiger partial charge in [0.25, 0.3) is 5.91 Å². The van der Waals surface area contributed by atoms with E-state index in [0.29, 0.717) is 18.2 Å². The van der Waals surface area contributed by atoms with Gasteiger partial charge in [0.1, 0.15) is 0 Å². The number of furan rings is 1. The number of guanidine groups is 1. The Hall–Kier alpha value is -2.76. The van der Waals surface area contributed by atoms with E-state index in [2.05, 4.69) is 22.5 Å². The lowest BCUT2D eigenvalue weighted by Crippen LogP contribution is -2.32. The topological polar surface area (TPSA) is 92.6 Å². The third-order valence-electron chi connectivity index (χ3n) is 3.73. The van der Waals surface area contributed by atoms with E-state index < -0.39 is 0 Å². The number of nitrogens with one attached hydrogen (secondary N) is 2. The molecule has 0 atom stereocenters. The average molecular weight is 342 g/mol. The minimum atomic E-state index is -0.271. The van der Waals surface area contributed by atoms with E-state index in [9.17, 15) is 4.79 Å². The van der Waals surface area contributed by atoms with Crippen LogP contribution < -0.4 is 16.4 Å². The zero-order valence-electron chi connectivity index (χ0n) is 14.6. The van der Waals surface area contributed by atoms with E-state index in [0.717, 1.165) is 18.5 Å². The standard InChI is InChI=1S/C19H26N4O2/c1-2-3-4-5-12-21-19(20)22-14-15-8-10-16(11-9-15)23-18(24)17-7-6-13-25-17/h6-11,13H,2-5,12,14H2,1H3,(H,23,24)(H3,20,21,22). The van der Waals surface area contributed by atoms with Gasteiger partial charge in [-0.3, -0.25) is 4.79 Å². The van der Waals surface area contributed by atoms with E-state index in [-0.39, 0.29) is 11.7 Å². The molecule has 0 aliphatic rings. The van der Waals surface area contributed by atoms with E-state index in [4.69, 9.17) is 10.2 Å². The number of aliphatic imine (C=N–C) groups is 1. The molecule has 2 rings (SSSR count). The second-order valence-corrected chi connectivity index (χ2v) is 5.82. The molecule has 1 amide bonds. The molecule has 0 aliphatic carbocycles. The molecule has 0 saturated heterocycles. The predicted molar refractivity (Wildman–Crippen MR) is 101 cm³/mol. The zero-order chi connectivity index (χ0) is 17.9. The number of hydrogen-bond acceptors (Lipinski definition) is 3. The van der Waals surface area contributed by atoms with Crippen molar-refractivity contribution in [3.63, 3.8) is 0 Å². The molecular weight excluding hydrogens is 316 g/mol. The largest absolute Gasteiger partial charge is 0.459 e. The monoisotopic (exact) mass is 342 g/mol. The number of amides is 1. The Morgan fingerprint density at radius 3 is 2.64 bits per heavy atom. The molecule has 1 aromatic heterocycles. The fourth-order valence-corrected chi connectivity index (χ4v) is 2.29. The Morgan fingerprint density at radius 1 is 1.16 bits per heavy atom. The average Bonchev–Trinajstić information content (AvgIpc) is 3.16. The van der Waals surface area contributed by atoms with Gasteiger partial charge in [-0.05, 0) is 36.2 Å². The summed E-state index contributed by atoms with van der Waals surface area (Å²) in [4.78, 5) is 16.2. The van der Waals surface area contributed by atoms with Crippen molar-refractivity contribution in [3.05, 3.63) is 54.0 Å². The third-order valence-corrected chi connectivity index (χ3v) is 3.73. The van der Waals surface area contributed by atoms with E-state index in [1.54, 1.807) is 12.1 Å². The van der Waals surface area contributed by atoms with Crippen LogP contribution in [0.4, 0.5) is 5.69 Å². The Morgan fingerprint density at radius 2 is 1.96 bits per heavy atom. The van der Waals surface area contributed by atoms with Crippen molar-refractivity contribution in [2.24, 2.45) is 10.7 Å². The first-order chi connectivity index (χ1) is 12.2. The number of benzene rings is 1. The van der Waals surface area contributed by atoms with Gasteiger partial charge in [0, 0.05) is 12.2 Å². The van der Waals surface area contributed by atoms with E-state index >= 15 is 0 Å². The summed E-state index contributed by atoms with van der Waals surface area (Å²) in [5.74, 6) is 0.477. The van der Waals surface area contributed by atoms with Gasteiger partial charge in [-0.2, -0.15) is 0 Å². The number of nitrogens with two attached hydrogens (primary N) is 1. The number of nitrogens with zero attached hydrogens (tertiary/aromatic N) is 1. The van der Waals surface area contributed by atoms with Crippen molar-refractivity contribution in [2.75, 3.05) is 11.9 Å². The van der Waals surface area contributed by atoms with Crippen LogP contribution in [0.5, 0.6) is 0 Å². The summed E-state index contributed by atoms with van der Waals surface area (Å²) in [6.07, 6.45) is 6.26. The van der Waals surface area contributed by atoms with Crippen LogP contribution in [0.25, 0.3) is 0 Å². The quantitative estimate of drug-likeness (QED) is 0.369. The minimum absolute atomic E-state index is 0.271. The lowest BCUT2D eigenvalue weighted by Gasteiger charge is -2.06. The molecule has 6 heteroatoms. The highest BCUT2D eigenvalue weighted by molar-refractivity contribution is 6.02. The van der Waals surface area contributed by atoms with Gasteiger partial charge < -0.3 is 20.8 Å². The molecule has 0 fully saturated rings. The Balaban J connectivity index is 1.76.